The molecule has 0 unspecified atom stereocenters. The first-order valence-electron chi connectivity index (χ1n) is 14.2. The van der Waals surface area contributed by atoms with E-state index in [-0.39, 0.29) is 23.8 Å². The van der Waals surface area contributed by atoms with Gasteiger partial charge in [-0.1, -0.05) is 29.8 Å². The van der Waals surface area contributed by atoms with Crippen molar-refractivity contribution >= 4 is 60.5 Å². The molecule has 6 aromatic rings. The van der Waals surface area contributed by atoms with Crippen molar-refractivity contribution in [2.24, 2.45) is 0 Å². The van der Waals surface area contributed by atoms with Crippen molar-refractivity contribution in [3.63, 3.8) is 0 Å². The van der Waals surface area contributed by atoms with E-state index >= 15 is 0 Å². The van der Waals surface area contributed by atoms with E-state index < -0.39 is 10.3 Å². The van der Waals surface area contributed by atoms with E-state index in [2.05, 4.69) is 25.6 Å². The molecule has 0 aliphatic carbocycles. The molecule has 0 amide bonds. The lowest BCUT2D eigenvalue weighted by Gasteiger charge is -2.13. The van der Waals surface area contributed by atoms with Crippen LogP contribution in [0.5, 0.6) is 11.5 Å². The Balaban J connectivity index is 1.19. The highest BCUT2D eigenvalue weighted by molar-refractivity contribution is 7.73. The van der Waals surface area contributed by atoms with E-state index in [4.69, 9.17) is 26.1 Å². The van der Waals surface area contributed by atoms with Crippen LogP contribution >= 0.6 is 22.9 Å². The van der Waals surface area contributed by atoms with Gasteiger partial charge >= 0.3 is 0 Å². The molecule has 0 bridgehead atoms. The summed E-state index contributed by atoms with van der Waals surface area (Å²) in [6.45, 7) is 0.635. The van der Waals surface area contributed by atoms with Crippen molar-refractivity contribution in [3.05, 3.63) is 118 Å². The van der Waals surface area contributed by atoms with Gasteiger partial charge in [-0.2, -0.15) is 8.42 Å². The van der Waals surface area contributed by atoms with Gasteiger partial charge in [-0.25, -0.2) is 19.3 Å². The molecule has 2 N–H and O–H groups in total. The Morgan fingerprint density at radius 3 is 2.66 bits per heavy atom. The van der Waals surface area contributed by atoms with Crippen LogP contribution in [0.25, 0.3) is 22.2 Å². The van der Waals surface area contributed by atoms with Crippen molar-refractivity contribution in [1.82, 2.24) is 25.3 Å². The minimum atomic E-state index is -2.42. The highest BCUT2D eigenvalue weighted by Crippen LogP contribution is 2.37. The molecule has 0 spiro atoms. The molecule has 6 rings (SSSR count). The number of methoxy groups -OCH3 is 1. The molecule has 0 fully saturated rings. The topological polar surface area (TPSA) is 128 Å². The van der Waals surface area contributed by atoms with Gasteiger partial charge in [0, 0.05) is 47.4 Å². The van der Waals surface area contributed by atoms with Crippen LogP contribution in [0.4, 0.5) is 15.9 Å². The monoisotopic (exact) mass is 688 g/mol. The summed E-state index contributed by atoms with van der Waals surface area (Å²) < 4.78 is 48.6. The minimum Gasteiger partial charge on any atom is -0.496 e. The Hall–Kier alpha value is -4.95. The smallest absolute Gasteiger partial charge is 0.220 e. The van der Waals surface area contributed by atoms with Gasteiger partial charge in [-0.05, 0) is 54.1 Å². The van der Waals surface area contributed by atoms with E-state index in [0.717, 1.165) is 16.0 Å². The molecule has 0 radical (unpaired) electrons. The third-order valence-electron chi connectivity index (χ3n) is 6.98. The summed E-state index contributed by atoms with van der Waals surface area (Å²) in [4.78, 5) is 18.0. The number of ether oxygens (including phenoxy) is 2. The molecule has 10 nitrogen and oxygen atoms in total. The molecule has 0 aliphatic rings. The normalized spacial score (nSPS) is 11.0. The molecule has 14 heteroatoms. The van der Waals surface area contributed by atoms with Crippen LogP contribution in [0.1, 0.15) is 16.3 Å². The summed E-state index contributed by atoms with van der Waals surface area (Å²) in [5, 5.41) is 10.2. The molecule has 0 saturated carbocycles. The summed E-state index contributed by atoms with van der Waals surface area (Å²) in [5.41, 5.74) is 3.84. The number of fused-ring (bicyclic) bond motifs is 1. The highest BCUT2D eigenvalue weighted by atomic mass is 35.5. The minimum absolute atomic E-state index is 0.109. The molecule has 3 aromatic carbocycles. The number of thiazole rings is 1. The summed E-state index contributed by atoms with van der Waals surface area (Å²) in [5.74, 6) is 1.26. The number of hydrogen-bond donors (Lipinski definition) is 2. The molecular formula is C33H26ClFN6O4S2. The number of rotatable bonds is 12. The number of hydrogen-bond acceptors (Lipinski definition) is 11. The fraction of sp³-hybridized carbons (Fsp3) is 0.121. The molecule has 238 valence electrons. The lowest BCUT2D eigenvalue weighted by molar-refractivity contribution is 0.306. The van der Waals surface area contributed by atoms with Crippen molar-refractivity contribution in [3.8, 4) is 22.8 Å². The zero-order valence-electron chi connectivity index (χ0n) is 24.8. The molecule has 0 aliphatic heterocycles. The van der Waals surface area contributed by atoms with Gasteiger partial charge in [0.25, 0.3) is 0 Å². The van der Waals surface area contributed by atoms with Crippen LogP contribution in [0.15, 0.2) is 90.7 Å². The molecule has 0 atom stereocenters. The standard InChI is InChI=1S/C33H26ClFN6O4S2/c1-44-30-14-27-24(13-23(30)28-18-46-32(41-28)16-36-15-31(47(42)43)26-7-2-3-10-37-26)33(39-19-38-27)40-22-8-9-29(25(34)12-22)45-17-20-5-4-6-21(35)11-20/h2-14,18-19,36H,15-17H2,1H3,(H,38,39,40). The van der Waals surface area contributed by atoms with Gasteiger partial charge in [-0.15, -0.1) is 11.3 Å². The van der Waals surface area contributed by atoms with Crippen LogP contribution in [0, 0.1) is 5.82 Å². The van der Waals surface area contributed by atoms with Gasteiger partial charge in [0.1, 0.15) is 45.9 Å². The maximum atomic E-state index is 13.5. The second-order valence-electron chi connectivity index (χ2n) is 10.1. The van der Waals surface area contributed by atoms with E-state index in [1.807, 2.05) is 23.6 Å². The average Bonchev–Trinajstić information content (AvgIpc) is 3.55. The van der Waals surface area contributed by atoms with Gasteiger partial charge in [-0.3, -0.25) is 4.98 Å². The number of anilines is 2. The average molecular weight is 689 g/mol. The summed E-state index contributed by atoms with van der Waals surface area (Å²) in [6.07, 6.45) is 3.01. The largest absolute Gasteiger partial charge is 0.496 e. The highest BCUT2D eigenvalue weighted by Gasteiger charge is 2.16. The molecule has 47 heavy (non-hydrogen) atoms. The zero-order chi connectivity index (χ0) is 32.8. The molecule has 3 aromatic heterocycles. The molecule has 3 heterocycles. The quantitative estimate of drug-likeness (QED) is 0.109. The second kappa shape index (κ2) is 14.6. The van der Waals surface area contributed by atoms with Crippen molar-refractivity contribution in [2.45, 2.75) is 13.2 Å². The first kappa shape index (κ1) is 32.0. The first-order chi connectivity index (χ1) is 22.9. The van der Waals surface area contributed by atoms with Crippen LogP contribution in [-0.2, 0) is 23.4 Å². The van der Waals surface area contributed by atoms with Crippen LogP contribution < -0.4 is 20.1 Å². The van der Waals surface area contributed by atoms with E-state index in [1.54, 1.807) is 55.8 Å². The fourth-order valence-corrected chi connectivity index (χ4v) is 6.24. The Morgan fingerprint density at radius 2 is 1.89 bits per heavy atom. The Morgan fingerprint density at radius 1 is 1.00 bits per heavy atom. The lowest BCUT2D eigenvalue weighted by Crippen LogP contribution is -2.24. The summed E-state index contributed by atoms with van der Waals surface area (Å²) in [6, 6.07) is 20.3. The second-order valence-corrected chi connectivity index (χ2v) is 12.4. The number of halogens is 2. The Labute approximate surface area is 279 Å². The Kier molecular flexibility index (Phi) is 9.97. The molecule has 0 saturated heterocycles. The summed E-state index contributed by atoms with van der Waals surface area (Å²) >= 11 is 7.96. The van der Waals surface area contributed by atoms with Gasteiger partial charge in [0.05, 0.1) is 29.0 Å². The number of benzene rings is 3. The predicted octanol–water partition coefficient (Wildman–Crippen LogP) is 6.46. The predicted molar refractivity (Wildman–Crippen MR) is 182 cm³/mol. The van der Waals surface area contributed by atoms with E-state index in [0.29, 0.717) is 57.0 Å². The number of pyridine rings is 1. The van der Waals surface area contributed by atoms with Crippen LogP contribution in [-0.4, -0.2) is 46.9 Å². The van der Waals surface area contributed by atoms with Gasteiger partial charge in [0.15, 0.2) is 0 Å². The lowest BCUT2D eigenvalue weighted by atomic mass is 10.1. The molecular weight excluding hydrogens is 663 g/mol. The SMILES string of the molecule is COc1cc2ncnc(Nc3ccc(OCc4cccc(F)c4)c(Cl)c3)c2cc1-c1csc(CNCC(c2ccccn2)=S(=O)=O)n1. The zero-order valence-corrected chi connectivity index (χ0v) is 27.2. The van der Waals surface area contributed by atoms with Gasteiger partial charge < -0.3 is 20.1 Å². The maximum absolute atomic E-state index is 13.5. The van der Waals surface area contributed by atoms with E-state index in [1.165, 1.54) is 29.8 Å². The number of nitrogens with zero attached hydrogens (tertiary/aromatic N) is 4. The van der Waals surface area contributed by atoms with Crippen molar-refractivity contribution < 1.29 is 22.3 Å². The fourth-order valence-electron chi connectivity index (χ4n) is 4.73. The third kappa shape index (κ3) is 7.72. The van der Waals surface area contributed by atoms with Crippen LogP contribution in [0.3, 0.4) is 0 Å². The summed E-state index contributed by atoms with van der Waals surface area (Å²) in [7, 11) is -0.837. The number of nitrogens with one attached hydrogen (secondary N) is 2. The van der Waals surface area contributed by atoms with Crippen molar-refractivity contribution in [1.29, 1.82) is 0 Å². The van der Waals surface area contributed by atoms with Gasteiger partial charge in [0.2, 0.25) is 10.3 Å². The first-order valence-corrected chi connectivity index (χ1v) is 16.5. The van der Waals surface area contributed by atoms with Crippen molar-refractivity contribution in [2.75, 3.05) is 19.0 Å². The van der Waals surface area contributed by atoms with Crippen LogP contribution in [0.2, 0.25) is 5.02 Å². The third-order valence-corrected chi connectivity index (χ3v) is 8.88. The Bertz CT molecular complexity index is 2190. The maximum Gasteiger partial charge on any atom is 0.220 e. The van der Waals surface area contributed by atoms with E-state index in [9.17, 15) is 12.8 Å². The number of aromatic nitrogens is 4.